The molecule has 2 aliphatic rings. The van der Waals surface area contributed by atoms with Crippen LogP contribution >= 0.6 is 11.6 Å². The van der Waals surface area contributed by atoms with Crippen LogP contribution in [0.15, 0.2) is 4.42 Å². The molecule has 3 rings (SSSR count). The Morgan fingerprint density at radius 2 is 2.39 bits per heavy atom. The van der Waals surface area contributed by atoms with Gasteiger partial charge in [0.2, 0.25) is 0 Å². The van der Waals surface area contributed by atoms with Crippen LogP contribution in [0.5, 0.6) is 0 Å². The van der Waals surface area contributed by atoms with Gasteiger partial charge in [-0.3, -0.25) is 0 Å². The van der Waals surface area contributed by atoms with Gasteiger partial charge < -0.3 is 14.6 Å². The predicted octanol–water partition coefficient (Wildman–Crippen LogP) is 0.435. The molecule has 1 fully saturated rings. The predicted molar refractivity (Wildman–Crippen MR) is 73.2 cm³/mol. The first kappa shape index (κ1) is 12.1. The lowest BCUT2D eigenvalue weighted by atomic mass is 10.2. The van der Waals surface area contributed by atoms with E-state index in [1.807, 2.05) is 12.2 Å². The van der Waals surface area contributed by atoms with Gasteiger partial charge in [0.1, 0.15) is 5.35 Å². The molecule has 5 heteroatoms. The summed E-state index contributed by atoms with van der Waals surface area (Å²) in [5.41, 5.74) is 0.868. The van der Waals surface area contributed by atoms with Crippen LogP contribution in [0.2, 0.25) is 0 Å². The summed E-state index contributed by atoms with van der Waals surface area (Å²) in [4.78, 5) is 6.76. The average Bonchev–Trinajstić information content (AvgIpc) is 2.63. The monoisotopic (exact) mass is 267 g/mol. The third kappa shape index (κ3) is 2.40. The SMILES string of the molecule is CC1CCN(c2nc3c(o2)=CCC(Cl)C=3)CCN1. The molecule has 0 spiro atoms. The zero-order valence-corrected chi connectivity index (χ0v) is 11.3. The molecule has 1 N–H and O–H groups in total. The van der Waals surface area contributed by atoms with Crippen molar-refractivity contribution in [2.75, 3.05) is 24.5 Å². The van der Waals surface area contributed by atoms with Crippen molar-refractivity contribution in [1.82, 2.24) is 10.3 Å². The molecule has 2 heterocycles. The Bertz CT molecular complexity index is 539. The fourth-order valence-electron chi connectivity index (χ4n) is 2.39. The van der Waals surface area contributed by atoms with Crippen LogP contribution < -0.4 is 21.0 Å². The lowest BCUT2D eigenvalue weighted by Crippen LogP contribution is -2.29. The van der Waals surface area contributed by atoms with Crippen molar-refractivity contribution in [1.29, 1.82) is 0 Å². The Kier molecular flexibility index (Phi) is 3.31. The topological polar surface area (TPSA) is 41.3 Å². The maximum atomic E-state index is 6.09. The molecule has 0 bridgehead atoms. The molecule has 1 saturated heterocycles. The molecule has 18 heavy (non-hydrogen) atoms. The molecule has 4 nitrogen and oxygen atoms in total. The van der Waals surface area contributed by atoms with Crippen LogP contribution in [-0.2, 0) is 0 Å². The van der Waals surface area contributed by atoms with E-state index in [9.17, 15) is 0 Å². The van der Waals surface area contributed by atoms with E-state index in [0.29, 0.717) is 6.04 Å². The summed E-state index contributed by atoms with van der Waals surface area (Å²) in [6.45, 7) is 5.11. The summed E-state index contributed by atoms with van der Waals surface area (Å²) >= 11 is 6.09. The van der Waals surface area contributed by atoms with E-state index in [4.69, 9.17) is 16.0 Å². The van der Waals surface area contributed by atoms with Gasteiger partial charge in [-0.15, -0.1) is 11.6 Å². The van der Waals surface area contributed by atoms with Crippen LogP contribution in [0.1, 0.15) is 19.8 Å². The van der Waals surface area contributed by atoms with E-state index < -0.39 is 0 Å². The van der Waals surface area contributed by atoms with Gasteiger partial charge in [-0.25, -0.2) is 0 Å². The van der Waals surface area contributed by atoms with E-state index in [-0.39, 0.29) is 5.38 Å². The number of aromatic nitrogens is 1. The maximum absolute atomic E-state index is 6.09. The molecule has 1 aromatic rings. The Hall–Kier alpha value is -1.00. The number of hydrogen-bond acceptors (Lipinski definition) is 4. The molecular formula is C13H18ClN3O. The van der Waals surface area contributed by atoms with Crippen LogP contribution in [-0.4, -0.2) is 36.0 Å². The first-order valence-electron chi connectivity index (χ1n) is 6.53. The molecule has 0 saturated carbocycles. The standard InChI is InChI=1S/C13H18ClN3O/c1-9-4-6-17(7-5-15-9)13-16-11-8-10(14)2-3-12(11)18-13/h3,8-10,15H,2,4-7H2,1H3. The number of fused-ring (bicyclic) bond motifs is 1. The Labute approximate surface area is 111 Å². The lowest BCUT2D eigenvalue weighted by Gasteiger charge is -2.16. The van der Waals surface area contributed by atoms with Crippen molar-refractivity contribution < 1.29 is 4.42 Å². The van der Waals surface area contributed by atoms with E-state index in [1.165, 1.54) is 0 Å². The number of rotatable bonds is 1. The molecule has 1 aliphatic heterocycles. The first-order chi connectivity index (χ1) is 8.72. The highest BCUT2D eigenvalue weighted by molar-refractivity contribution is 6.24. The second-order valence-electron chi connectivity index (χ2n) is 5.00. The largest absolute Gasteiger partial charge is 0.424 e. The van der Waals surface area contributed by atoms with Gasteiger partial charge in [-0.05, 0) is 31.9 Å². The van der Waals surface area contributed by atoms with Crippen LogP contribution in [0.25, 0.3) is 12.2 Å². The number of oxazole rings is 1. The quantitative estimate of drug-likeness (QED) is 0.750. The Balaban J connectivity index is 1.87. The van der Waals surface area contributed by atoms with E-state index in [1.54, 1.807) is 0 Å². The summed E-state index contributed by atoms with van der Waals surface area (Å²) in [5.74, 6) is 0. The molecule has 1 aromatic heterocycles. The van der Waals surface area contributed by atoms with Gasteiger partial charge in [0.05, 0.1) is 5.38 Å². The number of anilines is 1. The Morgan fingerprint density at radius 3 is 3.28 bits per heavy atom. The minimum absolute atomic E-state index is 0.0428. The van der Waals surface area contributed by atoms with Crippen molar-refractivity contribution in [3.63, 3.8) is 0 Å². The zero-order chi connectivity index (χ0) is 12.5. The number of nitrogens with zero attached hydrogens (tertiary/aromatic N) is 2. The van der Waals surface area contributed by atoms with Gasteiger partial charge in [0.25, 0.3) is 6.01 Å². The van der Waals surface area contributed by atoms with Crippen LogP contribution in [0.3, 0.4) is 0 Å². The number of hydrogen-bond donors (Lipinski definition) is 1. The number of halogens is 1. The van der Waals surface area contributed by atoms with Crippen LogP contribution in [0.4, 0.5) is 6.01 Å². The van der Waals surface area contributed by atoms with Gasteiger partial charge in [0, 0.05) is 25.7 Å². The van der Waals surface area contributed by atoms with Crippen molar-refractivity contribution in [2.45, 2.75) is 31.2 Å². The molecule has 98 valence electrons. The molecular weight excluding hydrogens is 250 g/mol. The average molecular weight is 268 g/mol. The summed E-state index contributed by atoms with van der Waals surface area (Å²) in [5, 5.41) is 4.40. The van der Waals surface area contributed by atoms with E-state index in [0.717, 1.165) is 49.3 Å². The maximum Gasteiger partial charge on any atom is 0.298 e. The van der Waals surface area contributed by atoms with Crippen molar-refractivity contribution in [3.8, 4) is 0 Å². The van der Waals surface area contributed by atoms with Crippen molar-refractivity contribution in [3.05, 3.63) is 10.8 Å². The fraction of sp³-hybridized carbons (Fsp3) is 0.615. The molecule has 2 unspecified atom stereocenters. The van der Waals surface area contributed by atoms with Gasteiger partial charge >= 0.3 is 0 Å². The van der Waals surface area contributed by atoms with Gasteiger partial charge in [-0.1, -0.05) is 0 Å². The minimum atomic E-state index is 0.0428. The highest BCUT2D eigenvalue weighted by Crippen LogP contribution is 2.12. The summed E-state index contributed by atoms with van der Waals surface area (Å²) < 4.78 is 5.83. The first-order valence-corrected chi connectivity index (χ1v) is 6.97. The summed E-state index contributed by atoms with van der Waals surface area (Å²) in [6.07, 6.45) is 5.94. The lowest BCUT2D eigenvalue weighted by molar-refractivity contribution is 0.506. The van der Waals surface area contributed by atoms with Crippen molar-refractivity contribution in [2.24, 2.45) is 0 Å². The fourth-order valence-corrected chi connectivity index (χ4v) is 2.60. The highest BCUT2D eigenvalue weighted by atomic mass is 35.5. The summed E-state index contributed by atoms with van der Waals surface area (Å²) in [7, 11) is 0. The van der Waals surface area contributed by atoms with E-state index in [2.05, 4.69) is 22.1 Å². The zero-order valence-electron chi connectivity index (χ0n) is 10.5. The third-order valence-electron chi connectivity index (χ3n) is 3.51. The molecule has 0 amide bonds. The highest BCUT2D eigenvalue weighted by Gasteiger charge is 2.18. The normalized spacial score (nSPS) is 28.0. The molecule has 1 aliphatic carbocycles. The minimum Gasteiger partial charge on any atom is -0.424 e. The van der Waals surface area contributed by atoms with Crippen molar-refractivity contribution >= 4 is 29.8 Å². The molecule has 0 radical (unpaired) electrons. The third-order valence-corrected chi connectivity index (χ3v) is 3.82. The molecule has 0 aromatic carbocycles. The Morgan fingerprint density at radius 1 is 1.50 bits per heavy atom. The van der Waals surface area contributed by atoms with Crippen LogP contribution in [0, 0.1) is 0 Å². The van der Waals surface area contributed by atoms with Gasteiger partial charge in [-0.2, -0.15) is 4.98 Å². The van der Waals surface area contributed by atoms with E-state index >= 15 is 0 Å². The smallest absolute Gasteiger partial charge is 0.298 e. The molecule has 2 atom stereocenters. The summed E-state index contributed by atoms with van der Waals surface area (Å²) in [6, 6.07) is 1.29. The second kappa shape index (κ2) is 4.94. The number of nitrogens with one attached hydrogen (secondary N) is 1. The number of alkyl halides is 1. The van der Waals surface area contributed by atoms with Gasteiger partial charge in [0.15, 0.2) is 5.42 Å². The second-order valence-corrected chi connectivity index (χ2v) is 5.56.